The van der Waals surface area contributed by atoms with Crippen molar-refractivity contribution in [3.05, 3.63) is 12.4 Å². The number of nitrogens with zero attached hydrogens (tertiary/aromatic N) is 2. The van der Waals surface area contributed by atoms with E-state index in [-0.39, 0.29) is 12.6 Å². The fourth-order valence-corrected chi connectivity index (χ4v) is 1.26. The van der Waals surface area contributed by atoms with Gasteiger partial charge in [0.1, 0.15) is 0 Å². The lowest BCUT2D eigenvalue weighted by molar-refractivity contribution is 0.127. The maximum atomic E-state index is 12.2. The number of imidazole rings is 1. The molecule has 1 N–H and O–H groups in total. The SMILES string of the molecule is COCC(C)Nc1nccn1CC(F)F. The van der Waals surface area contributed by atoms with Gasteiger partial charge in [-0.2, -0.15) is 0 Å². The molecule has 1 heterocycles. The molecule has 0 aliphatic rings. The highest BCUT2D eigenvalue weighted by atomic mass is 19.3. The molecule has 1 aromatic heterocycles. The number of methoxy groups -OCH3 is 1. The molecule has 6 heteroatoms. The summed E-state index contributed by atoms with van der Waals surface area (Å²) in [4.78, 5) is 3.95. The van der Waals surface area contributed by atoms with Gasteiger partial charge in [-0.3, -0.25) is 0 Å². The summed E-state index contributed by atoms with van der Waals surface area (Å²) in [7, 11) is 1.59. The number of hydrogen-bond acceptors (Lipinski definition) is 3. The third-order valence-electron chi connectivity index (χ3n) is 1.84. The maximum Gasteiger partial charge on any atom is 0.256 e. The molecule has 0 saturated heterocycles. The van der Waals surface area contributed by atoms with E-state index in [1.54, 1.807) is 7.11 Å². The number of aromatic nitrogens is 2. The first-order chi connectivity index (χ1) is 7.13. The van der Waals surface area contributed by atoms with Crippen LogP contribution in [-0.2, 0) is 11.3 Å². The van der Waals surface area contributed by atoms with E-state index in [1.807, 2.05) is 6.92 Å². The standard InChI is InChI=1S/C9H15F2N3O/c1-7(6-15-2)13-9-12-3-4-14(9)5-8(10)11/h3-4,7-8H,5-6H2,1-2H3,(H,12,13). The van der Waals surface area contributed by atoms with E-state index in [0.717, 1.165) is 0 Å². The number of halogens is 2. The Bertz CT molecular complexity index is 291. The molecule has 0 radical (unpaired) electrons. The molecule has 0 spiro atoms. The average molecular weight is 219 g/mol. The molecule has 15 heavy (non-hydrogen) atoms. The summed E-state index contributed by atoms with van der Waals surface area (Å²) in [6.45, 7) is 2.05. The highest BCUT2D eigenvalue weighted by Gasteiger charge is 2.10. The van der Waals surface area contributed by atoms with Crippen molar-refractivity contribution in [3.63, 3.8) is 0 Å². The van der Waals surface area contributed by atoms with E-state index in [2.05, 4.69) is 10.3 Å². The fraction of sp³-hybridized carbons (Fsp3) is 0.667. The molecular formula is C9H15F2N3O. The Labute approximate surface area is 87.3 Å². The van der Waals surface area contributed by atoms with E-state index in [9.17, 15) is 8.78 Å². The lowest BCUT2D eigenvalue weighted by Gasteiger charge is -2.14. The molecule has 0 aliphatic heterocycles. The molecule has 1 atom stereocenters. The van der Waals surface area contributed by atoms with Gasteiger partial charge in [0.25, 0.3) is 6.43 Å². The third kappa shape index (κ3) is 3.83. The van der Waals surface area contributed by atoms with Crippen LogP contribution in [0.15, 0.2) is 12.4 Å². The first-order valence-electron chi connectivity index (χ1n) is 4.68. The van der Waals surface area contributed by atoms with Crippen LogP contribution in [0.1, 0.15) is 6.92 Å². The second kappa shape index (κ2) is 5.65. The molecule has 4 nitrogen and oxygen atoms in total. The predicted octanol–water partition coefficient (Wildman–Crippen LogP) is 1.59. The van der Waals surface area contributed by atoms with Gasteiger partial charge in [-0.1, -0.05) is 0 Å². The smallest absolute Gasteiger partial charge is 0.256 e. The van der Waals surface area contributed by atoms with Crippen molar-refractivity contribution in [3.8, 4) is 0 Å². The van der Waals surface area contributed by atoms with Crippen molar-refractivity contribution >= 4 is 5.95 Å². The predicted molar refractivity (Wildman–Crippen MR) is 53.2 cm³/mol. The molecule has 0 aromatic carbocycles. The van der Waals surface area contributed by atoms with E-state index in [1.165, 1.54) is 17.0 Å². The van der Waals surface area contributed by atoms with Crippen LogP contribution < -0.4 is 5.32 Å². The summed E-state index contributed by atoms with van der Waals surface area (Å²) in [5.74, 6) is 0.444. The molecule has 1 rings (SSSR count). The Kier molecular flexibility index (Phi) is 4.48. The Morgan fingerprint density at radius 3 is 2.93 bits per heavy atom. The van der Waals surface area contributed by atoms with E-state index >= 15 is 0 Å². The Morgan fingerprint density at radius 1 is 1.60 bits per heavy atom. The number of ether oxygens (including phenoxy) is 1. The number of nitrogens with one attached hydrogen (secondary N) is 1. The van der Waals surface area contributed by atoms with Crippen molar-refractivity contribution in [2.75, 3.05) is 19.0 Å². The molecule has 0 saturated carbocycles. The average Bonchev–Trinajstić information content (AvgIpc) is 2.52. The summed E-state index contributed by atoms with van der Waals surface area (Å²) in [5, 5.41) is 2.99. The third-order valence-corrected chi connectivity index (χ3v) is 1.84. The highest BCUT2D eigenvalue weighted by molar-refractivity contribution is 5.27. The summed E-state index contributed by atoms with van der Waals surface area (Å²) in [6.07, 6.45) is 0.635. The van der Waals surface area contributed by atoms with Gasteiger partial charge < -0.3 is 14.6 Å². The molecule has 0 amide bonds. The molecular weight excluding hydrogens is 204 g/mol. The Balaban J connectivity index is 2.56. The first kappa shape index (κ1) is 11.9. The second-order valence-corrected chi connectivity index (χ2v) is 3.30. The van der Waals surface area contributed by atoms with E-state index in [4.69, 9.17) is 4.74 Å². The van der Waals surface area contributed by atoms with Crippen LogP contribution >= 0.6 is 0 Å². The number of hydrogen-bond donors (Lipinski definition) is 1. The van der Waals surface area contributed by atoms with Crippen LogP contribution in [0.2, 0.25) is 0 Å². The molecule has 1 aromatic rings. The quantitative estimate of drug-likeness (QED) is 0.789. The second-order valence-electron chi connectivity index (χ2n) is 3.30. The van der Waals surface area contributed by atoms with Crippen molar-refractivity contribution in [2.24, 2.45) is 0 Å². The minimum absolute atomic E-state index is 0.0359. The van der Waals surface area contributed by atoms with Crippen LogP contribution in [0.4, 0.5) is 14.7 Å². The molecule has 1 unspecified atom stereocenters. The largest absolute Gasteiger partial charge is 0.383 e. The topological polar surface area (TPSA) is 39.1 Å². The zero-order chi connectivity index (χ0) is 11.3. The van der Waals surface area contributed by atoms with Gasteiger partial charge in [0.2, 0.25) is 5.95 Å². The fourth-order valence-electron chi connectivity index (χ4n) is 1.26. The highest BCUT2D eigenvalue weighted by Crippen LogP contribution is 2.09. The van der Waals surface area contributed by atoms with Gasteiger partial charge in [0.15, 0.2) is 0 Å². The van der Waals surface area contributed by atoms with Gasteiger partial charge in [-0.05, 0) is 6.92 Å². The van der Waals surface area contributed by atoms with Crippen molar-refractivity contribution in [1.82, 2.24) is 9.55 Å². The number of anilines is 1. The molecule has 0 aliphatic carbocycles. The molecule has 0 fully saturated rings. The summed E-state index contributed by atoms with van der Waals surface area (Å²) >= 11 is 0. The number of rotatable bonds is 6. The normalized spacial score (nSPS) is 13.1. The first-order valence-corrected chi connectivity index (χ1v) is 4.68. The Hall–Kier alpha value is -1.17. The minimum Gasteiger partial charge on any atom is -0.383 e. The zero-order valence-electron chi connectivity index (χ0n) is 8.78. The summed E-state index contributed by atoms with van der Waals surface area (Å²) < 4.78 is 30.6. The van der Waals surface area contributed by atoms with Crippen LogP contribution in [0.3, 0.4) is 0 Å². The molecule has 86 valence electrons. The Morgan fingerprint density at radius 2 is 2.33 bits per heavy atom. The minimum atomic E-state index is -2.38. The number of alkyl halides is 2. The van der Waals surface area contributed by atoms with Gasteiger partial charge in [0.05, 0.1) is 13.2 Å². The van der Waals surface area contributed by atoms with Gasteiger partial charge in [-0.25, -0.2) is 13.8 Å². The van der Waals surface area contributed by atoms with E-state index < -0.39 is 6.43 Å². The van der Waals surface area contributed by atoms with E-state index in [0.29, 0.717) is 12.6 Å². The van der Waals surface area contributed by atoms with Crippen LogP contribution in [0, 0.1) is 0 Å². The van der Waals surface area contributed by atoms with Crippen molar-refractivity contribution < 1.29 is 13.5 Å². The zero-order valence-corrected chi connectivity index (χ0v) is 8.78. The van der Waals surface area contributed by atoms with Crippen LogP contribution in [0.25, 0.3) is 0 Å². The van der Waals surface area contributed by atoms with Crippen LogP contribution in [-0.4, -0.2) is 35.7 Å². The lowest BCUT2D eigenvalue weighted by Crippen LogP contribution is -2.23. The van der Waals surface area contributed by atoms with Crippen molar-refractivity contribution in [2.45, 2.75) is 25.9 Å². The van der Waals surface area contributed by atoms with Crippen LogP contribution in [0.5, 0.6) is 0 Å². The monoisotopic (exact) mass is 219 g/mol. The summed E-state index contributed by atoms with van der Waals surface area (Å²) in [6, 6.07) is 0.0359. The van der Waals surface area contributed by atoms with Gasteiger partial charge in [-0.15, -0.1) is 0 Å². The summed E-state index contributed by atoms with van der Waals surface area (Å²) in [5.41, 5.74) is 0. The van der Waals surface area contributed by atoms with Crippen molar-refractivity contribution in [1.29, 1.82) is 0 Å². The lowest BCUT2D eigenvalue weighted by atomic mass is 10.4. The van der Waals surface area contributed by atoms with Gasteiger partial charge in [0, 0.05) is 25.5 Å². The maximum absolute atomic E-state index is 12.2. The molecule has 0 bridgehead atoms. The van der Waals surface area contributed by atoms with Gasteiger partial charge >= 0.3 is 0 Å².